The lowest BCUT2D eigenvalue weighted by Gasteiger charge is -2.32. The molecular formula is C27H31N3O2. The quantitative estimate of drug-likeness (QED) is 0.573. The monoisotopic (exact) mass is 429 g/mol. The van der Waals surface area contributed by atoms with Crippen molar-refractivity contribution in [3.8, 4) is 5.75 Å². The molecule has 2 heterocycles. The molecule has 3 aromatic rings. The summed E-state index contributed by atoms with van der Waals surface area (Å²) in [4.78, 5) is 18.7. The Hall–Kier alpha value is -3.18. The number of ether oxygens (including phenoxy) is 1. The Balaban J connectivity index is 1.39. The molecular weight excluding hydrogens is 398 g/mol. The second-order valence-corrected chi connectivity index (χ2v) is 8.53. The van der Waals surface area contributed by atoms with Crippen LogP contribution in [-0.2, 0) is 17.8 Å². The number of nitrogens with one attached hydrogen (secondary N) is 1. The molecule has 2 aromatic carbocycles. The molecule has 0 radical (unpaired) electrons. The first-order valence-corrected chi connectivity index (χ1v) is 11.3. The van der Waals surface area contributed by atoms with Crippen molar-refractivity contribution in [1.29, 1.82) is 0 Å². The third-order valence-corrected chi connectivity index (χ3v) is 5.95. The molecule has 0 aliphatic carbocycles. The molecule has 4 rings (SSSR count). The third kappa shape index (κ3) is 5.95. The van der Waals surface area contributed by atoms with E-state index in [0.29, 0.717) is 5.92 Å². The first-order chi connectivity index (χ1) is 15.6. The molecule has 1 saturated heterocycles. The number of aromatic nitrogens is 1. The number of pyridine rings is 1. The van der Waals surface area contributed by atoms with Crippen molar-refractivity contribution in [2.24, 2.45) is 0 Å². The van der Waals surface area contributed by atoms with E-state index in [1.165, 1.54) is 36.6 Å². The van der Waals surface area contributed by atoms with E-state index in [-0.39, 0.29) is 5.91 Å². The lowest BCUT2D eigenvalue weighted by molar-refractivity contribution is -0.114. The lowest BCUT2D eigenvalue weighted by Crippen LogP contribution is -2.34. The summed E-state index contributed by atoms with van der Waals surface area (Å²) in [6, 6.07) is 22.8. The lowest BCUT2D eigenvalue weighted by atomic mass is 9.93. The Morgan fingerprint density at radius 1 is 1.09 bits per heavy atom. The van der Waals surface area contributed by atoms with Crippen LogP contribution in [0.25, 0.3) is 0 Å². The third-order valence-electron chi connectivity index (χ3n) is 5.95. The van der Waals surface area contributed by atoms with Gasteiger partial charge in [0.25, 0.3) is 0 Å². The summed E-state index contributed by atoms with van der Waals surface area (Å²) in [7, 11) is 1.70. The molecule has 0 spiro atoms. The number of anilines is 1. The van der Waals surface area contributed by atoms with E-state index in [0.717, 1.165) is 43.2 Å². The number of hydrogen-bond acceptors (Lipinski definition) is 4. The van der Waals surface area contributed by atoms with Gasteiger partial charge in [-0.25, -0.2) is 0 Å². The number of amides is 1. The summed E-state index contributed by atoms with van der Waals surface area (Å²) in [6.07, 6.45) is 3.16. The molecule has 5 heteroatoms. The second kappa shape index (κ2) is 10.4. The van der Waals surface area contributed by atoms with Crippen molar-refractivity contribution in [2.45, 2.75) is 38.6 Å². The van der Waals surface area contributed by atoms with Gasteiger partial charge in [-0.15, -0.1) is 0 Å². The molecule has 1 aliphatic heterocycles. The van der Waals surface area contributed by atoms with Gasteiger partial charge in [0.2, 0.25) is 5.91 Å². The number of methoxy groups -OCH3 is 1. The molecule has 0 saturated carbocycles. The van der Waals surface area contributed by atoms with Crippen LogP contribution < -0.4 is 10.1 Å². The van der Waals surface area contributed by atoms with Crippen LogP contribution in [-0.4, -0.2) is 36.0 Å². The van der Waals surface area contributed by atoms with E-state index >= 15 is 0 Å². The van der Waals surface area contributed by atoms with Gasteiger partial charge in [-0.05, 0) is 66.9 Å². The van der Waals surface area contributed by atoms with Crippen LogP contribution in [0.3, 0.4) is 0 Å². The maximum atomic E-state index is 11.2. The van der Waals surface area contributed by atoms with Gasteiger partial charge < -0.3 is 10.1 Å². The fourth-order valence-electron chi connectivity index (χ4n) is 4.41. The maximum Gasteiger partial charge on any atom is 0.221 e. The molecule has 32 heavy (non-hydrogen) atoms. The molecule has 166 valence electrons. The van der Waals surface area contributed by atoms with Gasteiger partial charge in [0.05, 0.1) is 7.11 Å². The van der Waals surface area contributed by atoms with Gasteiger partial charge in [-0.2, -0.15) is 0 Å². The van der Waals surface area contributed by atoms with Crippen molar-refractivity contribution in [1.82, 2.24) is 9.88 Å². The van der Waals surface area contributed by atoms with Crippen molar-refractivity contribution in [3.05, 3.63) is 89.2 Å². The number of benzene rings is 2. The summed E-state index contributed by atoms with van der Waals surface area (Å²) in [5.74, 6) is 1.29. The number of rotatable bonds is 7. The van der Waals surface area contributed by atoms with Crippen LogP contribution in [0.1, 0.15) is 48.2 Å². The fourth-order valence-corrected chi connectivity index (χ4v) is 4.41. The zero-order valence-corrected chi connectivity index (χ0v) is 18.9. The average Bonchev–Trinajstić information content (AvgIpc) is 2.80. The van der Waals surface area contributed by atoms with Crippen LogP contribution in [0.5, 0.6) is 5.75 Å². The number of carbonyl (C=O) groups is 1. The van der Waals surface area contributed by atoms with E-state index in [1.807, 2.05) is 24.3 Å². The van der Waals surface area contributed by atoms with Gasteiger partial charge in [0.15, 0.2) is 0 Å². The van der Waals surface area contributed by atoms with Crippen molar-refractivity contribution in [3.63, 3.8) is 0 Å². The molecule has 0 unspecified atom stereocenters. The molecule has 1 aliphatic rings. The predicted molar refractivity (Wildman–Crippen MR) is 128 cm³/mol. The van der Waals surface area contributed by atoms with E-state index in [2.05, 4.69) is 52.7 Å². The summed E-state index contributed by atoms with van der Waals surface area (Å²) in [5.41, 5.74) is 5.61. The molecule has 1 atom stereocenters. The van der Waals surface area contributed by atoms with Gasteiger partial charge in [0, 0.05) is 49.4 Å². The molecule has 1 amide bonds. The Morgan fingerprint density at radius 2 is 1.91 bits per heavy atom. The van der Waals surface area contributed by atoms with E-state index in [9.17, 15) is 4.79 Å². The van der Waals surface area contributed by atoms with Gasteiger partial charge in [-0.1, -0.05) is 30.3 Å². The molecule has 1 aromatic heterocycles. The maximum absolute atomic E-state index is 11.2. The SMILES string of the molecule is COc1cccc(Cc2cccc([C@@H]3CCCN(Cc4ccc(NC(C)=O)cc4)C3)n2)c1. The van der Waals surface area contributed by atoms with E-state index in [1.54, 1.807) is 7.11 Å². The fraction of sp³-hybridized carbons (Fsp3) is 0.333. The standard InChI is InChI=1S/C27H31N3O2/c1-20(31)28-24-13-11-21(12-14-24)18-30-15-5-7-23(19-30)27-10-4-8-25(29-27)16-22-6-3-9-26(17-22)32-2/h3-4,6,8-14,17,23H,5,7,15-16,18-19H2,1-2H3,(H,28,31)/t23-/m1/s1. The first kappa shape index (κ1) is 22.0. The molecule has 1 fully saturated rings. The van der Waals surface area contributed by atoms with Crippen molar-refractivity contribution < 1.29 is 9.53 Å². The minimum atomic E-state index is -0.0437. The Bertz CT molecular complexity index is 1050. The number of nitrogens with zero attached hydrogens (tertiary/aromatic N) is 2. The van der Waals surface area contributed by atoms with Crippen LogP contribution in [0.2, 0.25) is 0 Å². The summed E-state index contributed by atoms with van der Waals surface area (Å²) >= 11 is 0. The van der Waals surface area contributed by atoms with Crippen LogP contribution in [0.15, 0.2) is 66.7 Å². The highest BCUT2D eigenvalue weighted by Gasteiger charge is 2.22. The minimum absolute atomic E-state index is 0.0437. The molecule has 1 N–H and O–H groups in total. The number of piperidine rings is 1. The topological polar surface area (TPSA) is 54.5 Å². The van der Waals surface area contributed by atoms with Crippen LogP contribution in [0.4, 0.5) is 5.69 Å². The van der Waals surface area contributed by atoms with E-state index < -0.39 is 0 Å². The summed E-state index contributed by atoms with van der Waals surface area (Å²) in [6.45, 7) is 4.57. The number of carbonyl (C=O) groups excluding carboxylic acids is 1. The number of hydrogen-bond donors (Lipinski definition) is 1. The molecule has 5 nitrogen and oxygen atoms in total. The first-order valence-electron chi connectivity index (χ1n) is 11.3. The van der Waals surface area contributed by atoms with Crippen molar-refractivity contribution >= 4 is 11.6 Å². The predicted octanol–water partition coefficient (Wildman–Crippen LogP) is 5.02. The Labute approximate surface area is 190 Å². The Kier molecular flexibility index (Phi) is 7.17. The largest absolute Gasteiger partial charge is 0.497 e. The minimum Gasteiger partial charge on any atom is -0.497 e. The summed E-state index contributed by atoms with van der Waals surface area (Å²) in [5, 5.41) is 2.83. The van der Waals surface area contributed by atoms with Crippen LogP contribution in [0, 0.1) is 0 Å². The smallest absolute Gasteiger partial charge is 0.221 e. The zero-order valence-electron chi connectivity index (χ0n) is 18.9. The van der Waals surface area contributed by atoms with Crippen LogP contribution >= 0.6 is 0 Å². The van der Waals surface area contributed by atoms with Gasteiger partial charge in [-0.3, -0.25) is 14.7 Å². The number of likely N-dealkylation sites (tertiary alicyclic amines) is 1. The highest BCUT2D eigenvalue weighted by molar-refractivity contribution is 5.88. The Morgan fingerprint density at radius 3 is 2.69 bits per heavy atom. The normalized spacial score (nSPS) is 16.5. The zero-order chi connectivity index (χ0) is 22.3. The second-order valence-electron chi connectivity index (χ2n) is 8.53. The average molecular weight is 430 g/mol. The van der Waals surface area contributed by atoms with Gasteiger partial charge >= 0.3 is 0 Å². The summed E-state index contributed by atoms with van der Waals surface area (Å²) < 4.78 is 5.35. The van der Waals surface area contributed by atoms with E-state index in [4.69, 9.17) is 9.72 Å². The van der Waals surface area contributed by atoms with Gasteiger partial charge in [0.1, 0.15) is 5.75 Å². The van der Waals surface area contributed by atoms with Crippen molar-refractivity contribution in [2.75, 3.05) is 25.5 Å². The molecule has 0 bridgehead atoms. The highest BCUT2D eigenvalue weighted by Crippen LogP contribution is 2.27. The highest BCUT2D eigenvalue weighted by atomic mass is 16.5.